The molecule has 0 bridgehead atoms. The van der Waals surface area contributed by atoms with E-state index >= 15 is 0 Å². The van der Waals surface area contributed by atoms with Crippen LogP contribution in [-0.4, -0.2) is 28.7 Å². The van der Waals surface area contributed by atoms with E-state index in [2.05, 4.69) is 22.2 Å². The van der Waals surface area contributed by atoms with Crippen LogP contribution in [-0.2, 0) is 4.74 Å². The molecule has 4 nitrogen and oxygen atoms in total. The Hall–Kier alpha value is -1.68. The van der Waals surface area contributed by atoms with Gasteiger partial charge in [-0.15, -0.1) is 0 Å². The normalized spacial score (nSPS) is 24.1. The predicted molar refractivity (Wildman–Crippen MR) is 71.6 cm³/mol. The van der Waals surface area contributed by atoms with Crippen molar-refractivity contribution in [3.05, 3.63) is 30.5 Å². The second-order valence-corrected chi connectivity index (χ2v) is 4.79. The molecule has 3 rings (SSSR count). The average Bonchev–Trinajstić information content (AvgIpc) is 2.39. The van der Waals surface area contributed by atoms with Gasteiger partial charge in [-0.2, -0.15) is 0 Å². The number of hydrogen-bond acceptors (Lipinski definition) is 4. The molecule has 94 valence electrons. The topological polar surface area (TPSA) is 47.0 Å². The molecular formula is C14H17N3O. The summed E-state index contributed by atoms with van der Waals surface area (Å²) in [5.41, 5.74) is 1.87. The number of para-hydroxylation sites is 2. The molecule has 0 spiro atoms. The minimum atomic E-state index is 0.324. The van der Waals surface area contributed by atoms with Gasteiger partial charge < -0.3 is 10.1 Å². The molecule has 1 aliphatic rings. The maximum atomic E-state index is 5.54. The molecular weight excluding hydrogens is 226 g/mol. The quantitative estimate of drug-likeness (QED) is 0.880. The van der Waals surface area contributed by atoms with Gasteiger partial charge in [0.1, 0.15) is 5.82 Å². The number of aromatic nitrogens is 2. The second-order valence-electron chi connectivity index (χ2n) is 4.79. The highest BCUT2D eigenvalue weighted by atomic mass is 16.5. The van der Waals surface area contributed by atoms with Gasteiger partial charge in [0.15, 0.2) is 0 Å². The molecule has 2 unspecified atom stereocenters. The molecule has 1 fully saturated rings. The number of fused-ring (bicyclic) bond motifs is 1. The van der Waals surface area contributed by atoms with Crippen molar-refractivity contribution >= 4 is 16.9 Å². The van der Waals surface area contributed by atoms with Gasteiger partial charge in [0.05, 0.1) is 23.3 Å². The third kappa shape index (κ3) is 2.43. The van der Waals surface area contributed by atoms with Crippen LogP contribution < -0.4 is 5.32 Å². The van der Waals surface area contributed by atoms with Crippen molar-refractivity contribution in [3.63, 3.8) is 0 Å². The van der Waals surface area contributed by atoms with Crippen molar-refractivity contribution < 1.29 is 4.74 Å². The summed E-state index contributed by atoms with van der Waals surface area (Å²) in [7, 11) is 0. The van der Waals surface area contributed by atoms with Gasteiger partial charge in [0.25, 0.3) is 0 Å². The smallest absolute Gasteiger partial charge is 0.145 e. The van der Waals surface area contributed by atoms with E-state index < -0.39 is 0 Å². The molecule has 1 aromatic carbocycles. The SMILES string of the molecule is CC1CC(Nc2cnc3ccccc3n2)CCO1. The zero-order valence-electron chi connectivity index (χ0n) is 10.5. The van der Waals surface area contributed by atoms with Gasteiger partial charge in [-0.05, 0) is 31.9 Å². The van der Waals surface area contributed by atoms with E-state index in [0.29, 0.717) is 12.1 Å². The first-order valence-electron chi connectivity index (χ1n) is 6.41. The standard InChI is InChI=1S/C14H17N3O/c1-10-8-11(6-7-18-10)16-14-9-15-12-4-2-3-5-13(12)17-14/h2-5,9-11H,6-8H2,1H3,(H,16,17). The first-order chi connectivity index (χ1) is 8.81. The number of ether oxygens (including phenoxy) is 1. The van der Waals surface area contributed by atoms with Gasteiger partial charge in [0, 0.05) is 12.6 Å². The van der Waals surface area contributed by atoms with Crippen molar-refractivity contribution in [1.82, 2.24) is 9.97 Å². The monoisotopic (exact) mass is 243 g/mol. The lowest BCUT2D eigenvalue weighted by Crippen LogP contribution is -2.32. The van der Waals surface area contributed by atoms with Crippen molar-refractivity contribution in [2.24, 2.45) is 0 Å². The van der Waals surface area contributed by atoms with E-state index in [-0.39, 0.29) is 0 Å². The summed E-state index contributed by atoms with van der Waals surface area (Å²) in [5, 5.41) is 3.45. The van der Waals surface area contributed by atoms with Crippen LogP contribution >= 0.6 is 0 Å². The fourth-order valence-electron chi connectivity index (χ4n) is 2.37. The van der Waals surface area contributed by atoms with Crippen LogP contribution in [0.1, 0.15) is 19.8 Å². The number of anilines is 1. The van der Waals surface area contributed by atoms with Gasteiger partial charge in [-0.25, -0.2) is 4.98 Å². The highest BCUT2D eigenvalue weighted by Crippen LogP contribution is 2.18. The zero-order chi connectivity index (χ0) is 12.4. The maximum absolute atomic E-state index is 5.54. The molecule has 2 atom stereocenters. The molecule has 0 saturated carbocycles. The summed E-state index contributed by atoms with van der Waals surface area (Å²) >= 11 is 0. The Morgan fingerprint density at radius 2 is 2.11 bits per heavy atom. The van der Waals surface area contributed by atoms with E-state index in [0.717, 1.165) is 36.3 Å². The second kappa shape index (κ2) is 4.90. The van der Waals surface area contributed by atoms with Crippen LogP contribution in [0.3, 0.4) is 0 Å². The average molecular weight is 243 g/mol. The Kier molecular flexibility index (Phi) is 3.11. The van der Waals surface area contributed by atoms with Crippen LogP contribution in [0.5, 0.6) is 0 Å². The molecule has 2 heterocycles. The third-order valence-electron chi connectivity index (χ3n) is 3.29. The minimum Gasteiger partial charge on any atom is -0.378 e. The van der Waals surface area contributed by atoms with Gasteiger partial charge in [0.2, 0.25) is 0 Å². The van der Waals surface area contributed by atoms with Crippen molar-refractivity contribution in [2.75, 3.05) is 11.9 Å². The first-order valence-corrected chi connectivity index (χ1v) is 6.41. The van der Waals surface area contributed by atoms with Crippen molar-refractivity contribution in [1.29, 1.82) is 0 Å². The Morgan fingerprint density at radius 1 is 1.28 bits per heavy atom. The number of rotatable bonds is 2. The number of nitrogens with zero attached hydrogens (tertiary/aromatic N) is 2. The van der Waals surface area contributed by atoms with E-state index in [1.54, 1.807) is 0 Å². The summed E-state index contributed by atoms with van der Waals surface area (Å²) in [5.74, 6) is 0.854. The Balaban J connectivity index is 1.78. The number of benzene rings is 1. The lowest BCUT2D eigenvalue weighted by molar-refractivity contribution is 0.0232. The number of hydrogen-bond donors (Lipinski definition) is 1. The summed E-state index contributed by atoms with van der Waals surface area (Å²) in [6.07, 6.45) is 4.18. The molecule has 18 heavy (non-hydrogen) atoms. The summed E-state index contributed by atoms with van der Waals surface area (Å²) in [6.45, 7) is 2.93. The fourth-order valence-corrected chi connectivity index (χ4v) is 2.37. The van der Waals surface area contributed by atoms with E-state index in [4.69, 9.17) is 4.74 Å². The van der Waals surface area contributed by atoms with Crippen LogP contribution in [0.25, 0.3) is 11.0 Å². The Morgan fingerprint density at radius 3 is 2.94 bits per heavy atom. The molecule has 2 aromatic rings. The Bertz CT molecular complexity index is 543. The molecule has 0 amide bonds. The molecule has 1 saturated heterocycles. The lowest BCUT2D eigenvalue weighted by atomic mass is 10.0. The third-order valence-corrected chi connectivity index (χ3v) is 3.29. The van der Waals surface area contributed by atoms with Crippen molar-refractivity contribution in [2.45, 2.75) is 31.9 Å². The Labute approximate surface area is 106 Å². The van der Waals surface area contributed by atoms with E-state index in [1.807, 2.05) is 30.5 Å². The lowest BCUT2D eigenvalue weighted by Gasteiger charge is -2.28. The van der Waals surface area contributed by atoms with Crippen LogP contribution in [0.2, 0.25) is 0 Å². The molecule has 4 heteroatoms. The fraction of sp³-hybridized carbons (Fsp3) is 0.429. The largest absolute Gasteiger partial charge is 0.378 e. The predicted octanol–water partition coefficient (Wildman–Crippen LogP) is 2.61. The van der Waals surface area contributed by atoms with Crippen LogP contribution in [0.4, 0.5) is 5.82 Å². The summed E-state index contributed by atoms with van der Waals surface area (Å²) in [4.78, 5) is 8.99. The van der Waals surface area contributed by atoms with Crippen LogP contribution in [0.15, 0.2) is 30.5 Å². The summed E-state index contributed by atoms with van der Waals surface area (Å²) in [6, 6.07) is 8.36. The summed E-state index contributed by atoms with van der Waals surface area (Å²) < 4.78 is 5.54. The van der Waals surface area contributed by atoms with E-state index in [1.165, 1.54) is 0 Å². The van der Waals surface area contributed by atoms with Gasteiger partial charge >= 0.3 is 0 Å². The number of nitrogens with one attached hydrogen (secondary N) is 1. The maximum Gasteiger partial charge on any atom is 0.145 e. The zero-order valence-corrected chi connectivity index (χ0v) is 10.5. The van der Waals surface area contributed by atoms with Crippen molar-refractivity contribution in [3.8, 4) is 0 Å². The molecule has 0 radical (unpaired) electrons. The minimum absolute atomic E-state index is 0.324. The first kappa shape index (κ1) is 11.4. The highest BCUT2D eigenvalue weighted by Gasteiger charge is 2.19. The van der Waals surface area contributed by atoms with Crippen LogP contribution in [0, 0.1) is 0 Å². The highest BCUT2D eigenvalue weighted by molar-refractivity contribution is 5.75. The molecule has 1 N–H and O–H groups in total. The van der Waals surface area contributed by atoms with E-state index in [9.17, 15) is 0 Å². The molecule has 1 aliphatic heterocycles. The molecule has 1 aromatic heterocycles. The van der Waals surface area contributed by atoms with Gasteiger partial charge in [-0.1, -0.05) is 12.1 Å². The van der Waals surface area contributed by atoms with Gasteiger partial charge in [-0.3, -0.25) is 4.98 Å². The molecule has 0 aliphatic carbocycles.